The quantitative estimate of drug-likeness (QED) is 0.681. The highest BCUT2D eigenvalue weighted by molar-refractivity contribution is 6.31. The second kappa shape index (κ2) is 5.85. The number of fused-ring (bicyclic) bond motifs is 1. The van der Waals surface area contributed by atoms with Crippen molar-refractivity contribution >= 4 is 28.5 Å². The topological polar surface area (TPSA) is 31.2 Å². The first-order valence-electron chi connectivity index (χ1n) is 6.99. The van der Waals surface area contributed by atoms with Crippen LogP contribution >= 0.6 is 11.6 Å². The van der Waals surface area contributed by atoms with Gasteiger partial charge in [-0.25, -0.2) is 0 Å². The van der Waals surface area contributed by atoms with Crippen molar-refractivity contribution in [3.05, 3.63) is 70.9 Å². The van der Waals surface area contributed by atoms with Crippen molar-refractivity contribution in [2.45, 2.75) is 5.92 Å². The highest BCUT2D eigenvalue weighted by Crippen LogP contribution is 2.34. The Morgan fingerprint density at radius 3 is 2.59 bits per heavy atom. The summed E-state index contributed by atoms with van der Waals surface area (Å²) in [6, 6.07) is 15.3. The number of methoxy groups -OCH3 is 1. The van der Waals surface area contributed by atoms with Crippen LogP contribution in [0.4, 0.5) is 0 Å². The molecular weight excluding hydrogens is 298 g/mol. The number of carbonyl (C=O) groups is 1. The van der Waals surface area contributed by atoms with Crippen molar-refractivity contribution in [1.29, 1.82) is 0 Å². The molecule has 0 spiro atoms. The number of carbonyl (C=O) groups excluding carboxylic acids is 1. The third kappa shape index (κ3) is 2.48. The molecule has 1 aromatic heterocycles. The maximum atomic E-state index is 12.4. The minimum absolute atomic E-state index is 0.279. The molecule has 1 unspecified atom stereocenters. The van der Waals surface area contributed by atoms with Crippen LogP contribution in [-0.2, 0) is 16.6 Å². The van der Waals surface area contributed by atoms with E-state index in [4.69, 9.17) is 16.3 Å². The summed E-state index contributed by atoms with van der Waals surface area (Å²) in [5.41, 5.74) is 2.84. The lowest BCUT2D eigenvalue weighted by atomic mass is 9.91. The van der Waals surface area contributed by atoms with Crippen molar-refractivity contribution in [2.24, 2.45) is 7.05 Å². The standard InChI is InChI=1S/C18H16ClNO2/c1-20-11-15(14-10-13(19)8-9-16(14)20)17(18(21)22-2)12-6-4-3-5-7-12/h3-11,17H,1-2H3. The summed E-state index contributed by atoms with van der Waals surface area (Å²) in [5.74, 6) is -0.743. The molecule has 1 atom stereocenters. The zero-order valence-electron chi connectivity index (χ0n) is 12.4. The summed E-state index contributed by atoms with van der Waals surface area (Å²) in [4.78, 5) is 12.4. The van der Waals surface area contributed by atoms with Gasteiger partial charge in [0.05, 0.1) is 7.11 Å². The van der Waals surface area contributed by atoms with Gasteiger partial charge in [-0.15, -0.1) is 0 Å². The lowest BCUT2D eigenvalue weighted by molar-refractivity contribution is -0.141. The van der Waals surface area contributed by atoms with Crippen molar-refractivity contribution in [3.63, 3.8) is 0 Å². The zero-order valence-corrected chi connectivity index (χ0v) is 13.2. The van der Waals surface area contributed by atoms with Gasteiger partial charge in [-0.2, -0.15) is 0 Å². The first-order valence-corrected chi connectivity index (χ1v) is 7.37. The number of halogens is 1. The van der Waals surface area contributed by atoms with Gasteiger partial charge in [0, 0.05) is 29.2 Å². The van der Waals surface area contributed by atoms with E-state index < -0.39 is 5.92 Å². The molecule has 4 heteroatoms. The monoisotopic (exact) mass is 313 g/mol. The Morgan fingerprint density at radius 2 is 1.91 bits per heavy atom. The number of ether oxygens (including phenoxy) is 1. The number of aromatic nitrogens is 1. The van der Waals surface area contributed by atoms with Crippen LogP contribution < -0.4 is 0 Å². The Bertz CT molecular complexity index is 824. The predicted molar refractivity (Wildman–Crippen MR) is 88.2 cm³/mol. The number of hydrogen-bond donors (Lipinski definition) is 0. The number of rotatable bonds is 3. The molecule has 112 valence electrons. The van der Waals surface area contributed by atoms with E-state index in [1.165, 1.54) is 7.11 Å². The fourth-order valence-electron chi connectivity index (χ4n) is 2.83. The van der Waals surface area contributed by atoms with Crippen molar-refractivity contribution in [3.8, 4) is 0 Å². The van der Waals surface area contributed by atoms with Crippen LogP contribution in [-0.4, -0.2) is 17.6 Å². The number of hydrogen-bond acceptors (Lipinski definition) is 2. The van der Waals surface area contributed by atoms with Crippen LogP contribution in [0.15, 0.2) is 54.7 Å². The van der Waals surface area contributed by atoms with Crippen molar-refractivity contribution in [1.82, 2.24) is 4.57 Å². The molecular formula is C18H16ClNO2. The van der Waals surface area contributed by atoms with Crippen LogP contribution in [0.1, 0.15) is 17.0 Å². The average molecular weight is 314 g/mol. The van der Waals surface area contributed by atoms with Gasteiger partial charge in [0.2, 0.25) is 0 Å². The molecule has 2 aromatic carbocycles. The third-order valence-electron chi connectivity index (χ3n) is 3.86. The fourth-order valence-corrected chi connectivity index (χ4v) is 3.00. The molecule has 0 aliphatic rings. The van der Waals surface area contributed by atoms with E-state index in [-0.39, 0.29) is 5.97 Å². The van der Waals surface area contributed by atoms with Gasteiger partial charge < -0.3 is 9.30 Å². The van der Waals surface area contributed by atoms with Crippen molar-refractivity contribution < 1.29 is 9.53 Å². The number of aryl methyl sites for hydroxylation is 1. The number of nitrogens with zero attached hydrogens (tertiary/aromatic N) is 1. The van der Waals surface area contributed by atoms with Gasteiger partial charge in [-0.1, -0.05) is 41.9 Å². The Morgan fingerprint density at radius 1 is 1.18 bits per heavy atom. The summed E-state index contributed by atoms with van der Waals surface area (Å²) in [5, 5.41) is 1.62. The molecule has 0 saturated heterocycles. The molecule has 0 N–H and O–H groups in total. The van der Waals surface area contributed by atoms with Gasteiger partial charge >= 0.3 is 5.97 Å². The molecule has 0 radical (unpaired) electrons. The first kappa shape index (κ1) is 14.7. The Kier molecular flexibility index (Phi) is 3.90. The average Bonchev–Trinajstić information content (AvgIpc) is 2.84. The fraction of sp³-hybridized carbons (Fsp3) is 0.167. The van der Waals surface area contributed by atoms with Crippen LogP contribution in [0.2, 0.25) is 5.02 Å². The Labute approximate surface area is 134 Å². The molecule has 1 heterocycles. The van der Waals surface area contributed by atoms with E-state index in [1.54, 1.807) is 0 Å². The van der Waals surface area contributed by atoms with Gasteiger partial charge in [-0.05, 0) is 29.3 Å². The predicted octanol–water partition coefficient (Wildman–Crippen LogP) is 4.14. The van der Waals surface area contributed by atoms with Gasteiger partial charge in [0.15, 0.2) is 0 Å². The Hall–Kier alpha value is -2.26. The highest BCUT2D eigenvalue weighted by atomic mass is 35.5. The van der Waals surface area contributed by atoms with E-state index in [9.17, 15) is 4.79 Å². The van der Waals surface area contributed by atoms with Gasteiger partial charge in [-0.3, -0.25) is 4.79 Å². The summed E-state index contributed by atoms with van der Waals surface area (Å²) in [6.45, 7) is 0. The van der Waals surface area contributed by atoms with E-state index in [0.29, 0.717) is 5.02 Å². The van der Waals surface area contributed by atoms with Crippen molar-refractivity contribution in [2.75, 3.05) is 7.11 Å². The summed E-state index contributed by atoms with van der Waals surface area (Å²) in [6.07, 6.45) is 1.97. The van der Waals surface area contributed by atoms with Gasteiger partial charge in [0.25, 0.3) is 0 Å². The molecule has 3 rings (SSSR count). The van der Waals surface area contributed by atoms with E-state index in [0.717, 1.165) is 22.0 Å². The number of esters is 1. The second-order valence-electron chi connectivity index (χ2n) is 5.22. The van der Waals surface area contributed by atoms with Crippen LogP contribution in [0.3, 0.4) is 0 Å². The summed E-state index contributed by atoms with van der Waals surface area (Å²) in [7, 11) is 3.37. The summed E-state index contributed by atoms with van der Waals surface area (Å²) >= 11 is 6.14. The molecule has 0 saturated carbocycles. The van der Waals surface area contributed by atoms with Crippen LogP contribution in [0.25, 0.3) is 10.9 Å². The lowest BCUT2D eigenvalue weighted by Gasteiger charge is -2.14. The smallest absolute Gasteiger partial charge is 0.317 e. The SMILES string of the molecule is COC(=O)C(c1ccccc1)c1cn(C)c2ccc(Cl)cc12. The second-order valence-corrected chi connectivity index (χ2v) is 5.66. The normalized spacial score (nSPS) is 12.3. The summed E-state index contributed by atoms with van der Waals surface area (Å²) < 4.78 is 7.03. The first-order chi connectivity index (χ1) is 10.6. The van der Waals surface area contributed by atoms with E-state index in [1.807, 2.05) is 66.3 Å². The minimum atomic E-state index is -0.464. The number of benzene rings is 2. The van der Waals surface area contributed by atoms with Crippen LogP contribution in [0, 0.1) is 0 Å². The molecule has 0 bridgehead atoms. The lowest BCUT2D eigenvalue weighted by Crippen LogP contribution is -2.15. The zero-order chi connectivity index (χ0) is 15.7. The highest BCUT2D eigenvalue weighted by Gasteiger charge is 2.26. The molecule has 3 aromatic rings. The molecule has 0 amide bonds. The largest absolute Gasteiger partial charge is 0.468 e. The molecule has 0 aliphatic carbocycles. The minimum Gasteiger partial charge on any atom is -0.468 e. The van der Waals surface area contributed by atoms with E-state index >= 15 is 0 Å². The molecule has 0 fully saturated rings. The Balaban J connectivity index is 2.25. The molecule has 3 nitrogen and oxygen atoms in total. The third-order valence-corrected chi connectivity index (χ3v) is 4.10. The maximum Gasteiger partial charge on any atom is 0.317 e. The molecule has 0 aliphatic heterocycles. The molecule has 22 heavy (non-hydrogen) atoms. The van der Waals surface area contributed by atoms with Gasteiger partial charge in [0.1, 0.15) is 5.92 Å². The van der Waals surface area contributed by atoms with Crippen LogP contribution in [0.5, 0.6) is 0 Å². The van der Waals surface area contributed by atoms with E-state index in [2.05, 4.69) is 0 Å². The maximum absolute atomic E-state index is 12.4.